The maximum absolute atomic E-state index is 10.1. The number of carbonyl (C=O) groups excluding carboxylic acids is 1. The molecule has 1 aliphatic heterocycles. The summed E-state index contributed by atoms with van der Waals surface area (Å²) in [6.07, 6.45) is 0. The van der Waals surface area contributed by atoms with Gasteiger partial charge in [-0.2, -0.15) is 0 Å². The molecule has 8 heavy (non-hydrogen) atoms. The van der Waals surface area contributed by atoms with Crippen molar-refractivity contribution in [1.82, 2.24) is 0 Å². The standard InChI is InChI=1S/C3H5N3O2/c4-1-2(6-5)8-3(1)7/h1H,4-5H2/b6-2+. The highest BCUT2D eigenvalue weighted by Crippen LogP contribution is 2.02. The molecule has 0 saturated carbocycles. The lowest BCUT2D eigenvalue weighted by atomic mass is 10.2. The summed E-state index contributed by atoms with van der Waals surface area (Å²) in [4.78, 5) is 10.1. The summed E-state index contributed by atoms with van der Waals surface area (Å²) in [5.41, 5.74) is 5.09. The smallest absolute Gasteiger partial charge is 0.339 e. The quantitative estimate of drug-likeness (QED) is 0.220. The molecular weight excluding hydrogens is 110 g/mol. The lowest BCUT2D eigenvalue weighted by Crippen LogP contribution is -2.52. The molecule has 0 bridgehead atoms. The second-order valence-corrected chi connectivity index (χ2v) is 1.37. The molecule has 1 aliphatic rings. The van der Waals surface area contributed by atoms with Gasteiger partial charge in [0.2, 0.25) is 5.90 Å². The van der Waals surface area contributed by atoms with Crippen LogP contribution in [-0.4, -0.2) is 17.9 Å². The van der Waals surface area contributed by atoms with Gasteiger partial charge in [-0.25, -0.2) is 4.79 Å². The monoisotopic (exact) mass is 115 g/mol. The summed E-state index contributed by atoms with van der Waals surface area (Å²) in [6, 6.07) is -0.722. The van der Waals surface area contributed by atoms with Gasteiger partial charge >= 0.3 is 5.97 Å². The molecule has 1 fully saturated rings. The summed E-state index contributed by atoms with van der Waals surface area (Å²) in [5.74, 6) is 4.35. The van der Waals surface area contributed by atoms with Crippen LogP contribution in [0, 0.1) is 0 Å². The highest BCUT2D eigenvalue weighted by Gasteiger charge is 2.35. The van der Waals surface area contributed by atoms with Crippen molar-refractivity contribution in [2.45, 2.75) is 6.04 Å². The van der Waals surface area contributed by atoms with Gasteiger partial charge < -0.3 is 16.3 Å². The molecule has 5 nitrogen and oxygen atoms in total. The average molecular weight is 115 g/mol. The SMILES string of the molecule is N/N=C1/OC(=O)C1N. The molecule has 0 aliphatic carbocycles. The number of ether oxygens (including phenoxy) is 1. The summed E-state index contributed by atoms with van der Waals surface area (Å²) in [7, 11) is 0. The van der Waals surface area contributed by atoms with Gasteiger partial charge in [-0.05, 0) is 0 Å². The third-order valence-corrected chi connectivity index (χ3v) is 0.852. The zero-order valence-corrected chi connectivity index (χ0v) is 4.00. The lowest BCUT2D eigenvalue weighted by molar-refractivity contribution is -0.141. The van der Waals surface area contributed by atoms with Gasteiger partial charge in [0.15, 0.2) is 6.04 Å². The van der Waals surface area contributed by atoms with Crippen molar-refractivity contribution in [3.05, 3.63) is 0 Å². The van der Waals surface area contributed by atoms with Gasteiger partial charge in [0, 0.05) is 0 Å². The van der Waals surface area contributed by atoms with E-state index >= 15 is 0 Å². The number of cyclic esters (lactones) is 1. The van der Waals surface area contributed by atoms with Crippen LogP contribution in [0.5, 0.6) is 0 Å². The van der Waals surface area contributed by atoms with Crippen LogP contribution in [-0.2, 0) is 9.53 Å². The molecule has 1 atom stereocenters. The van der Waals surface area contributed by atoms with Crippen molar-refractivity contribution in [2.75, 3.05) is 0 Å². The molecule has 1 rings (SSSR count). The van der Waals surface area contributed by atoms with E-state index in [1.54, 1.807) is 0 Å². The van der Waals surface area contributed by atoms with Gasteiger partial charge in [-0.3, -0.25) is 0 Å². The van der Waals surface area contributed by atoms with Gasteiger partial charge in [0.1, 0.15) is 0 Å². The van der Waals surface area contributed by atoms with Crippen LogP contribution in [0.4, 0.5) is 0 Å². The number of esters is 1. The molecule has 0 aromatic rings. The third kappa shape index (κ3) is 0.448. The summed E-state index contributed by atoms with van der Waals surface area (Å²) >= 11 is 0. The molecule has 0 radical (unpaired) electrons. The van der Waals surface area contributed by atoms with Crippen LogP contribution in [0.2, 0.25) is 0 Å². The minimum atomic E-state index is -0.722. The lowest BCUT2D eigenvalue weighted by Gasteiger charge is -2.20. The largest absolute Gasteiger partial charge is 0.406 e. The Morgan fingerprint density at radius 2 is 2.38 bits per heavy atom. The zero-order valence-electron chi connectivity index (χ0n) is 4.00. The van der Waals surface area contributed by atoms with Crippen molar-refractivity contribution in [3.63, 3.8) is 0 Å². The van der Waals surface area contributed by atoms with Crippen LogP contribution in [0.3, 0.4) is 0 Å². The van der Waals surface area contributed by atoms with Crippen LogP contribution >= 0.6 is 0 Å². The summed E-state index contributed by atoms with van der Waals surface area (Å²) in [6.45, 7) is 0. The highest BCUT2D eigenvalue weighted by atomic mass is 16.6. The minimum Gasteiger partial charge on any atom is -0.406 e. The summed E-state index contributed by atoms with van der Waals surface area (Å²) in [5, 5.41) is 3.07. The highest BCUT2D eigenvalue weighted by molar-refractivity contribution is 6.15. The van der Waals surface area contributed by atoms with Gasteiger partial charge in [-0.1, -0.05) is 0 Å². The second kappa shape index (κ2) is 1.45. The van der Waals surface area contributed by atoms with E-state index in [1.807, 2.05) is 0 Å². The van der Waals surface area contributed by atoms with Crippen LogP contribution < -0.4 is 11.6 Å². The molecule has 0 amide bonds. The van der Waals surface area contributed by atoms with Crippen LogP contribution in [0.15, 0.2) is 5.10 Å². The Hall–Kier alpha value is -1.10. The van der Waals surface area contributed by atoms with E-state index in [0.29, 0.717) is 0 Å². The molecule has 5 heteroatoms. The molecule has 0 aromatic carbocycles. The maximum Gasteiger partial charge on any atom is 0.339 e. The first-order valence-electron chi connectivity index (χ1n) is 2.00. The average Bonchev–Trinajstić information content (AvgIpc) is 1.81. The van der Waals surface area contributed by atoms with Crippen molar-refractivity contribution in [2.24, 2.45) is 16.7 Å². The van der Waals surface area contributed by atoms with E-state index in [2.05, 4.69) is 9.84 Å². The first-order chi connectivity index (χ1) is 3.75. The van der Waals surface area contributed by atoms with E-state index in [0.717, 1.165) is 0 Å². The number of hydrazone groups is 1. The third-order valence-electron chi connectivity index (χ3n) is 0.852. The van der Waals surface area contributed by atoms with Crippen molar-refractivity contribution in [1.29, 1.82) is 0 Å². The zero-order chi connectivity index (χ0) is 6.15. The van der Waals surface area contributed by atoms with E-state index in [4.69, 9.17) is 11.6 Å². The molecular formula is C3H5N3O2. The van der Waals surface area contributed by atoms with Crippen molar-refractivity contribution < 1.29 is 9.53 Å². The summed E-state index contributed by atoms with van der Waals surface area (Å²) < 4.78 is 4.26. The fraction of sp³-hybridized carbons (Fsp3) is 0.333. The van der Waals surface area contributed by atoms with Crippen molar-refractivity contribution >= 4 is 11.9 Å². The van der Waals surface area contributed by atoms with E-state index < -0.39 is 12.0 Å². The normalized spacial score (nSPS) is 31.9. The van der Waals surface area contributed by atoms with Crippen molar-refractivity contribution in [3.8, 4) is 0 Å². The fourth-order valence-corrected chi connectivity index (χ4v) is 0.379. The Balaban J connectivity index is 2.60. The molecule has 44 valence electrons. The predicted octanol–water partition coefficient (Wildman–Crippen LogP) is -1.86. The number of carbonyl (C=O) groups is 1. The Kier molecular flexibility index (Phi) is 0.911. The Morgan fingerprint density at radius 1 is 1.75 bits per heavy atom. The predicted molar refractivity (Wildman–Crippen MR) is 25.7 cm³/mol. The van der Waals surface area contributed by atoms with Crippen LogP contribution in [0.1, 0.15) is 0 Å². The van der Waals surface area contributed by atoms with Crippen LogP contribution in [0.25, 0.3) is 0 Å². The first kappa shape index (κ1) is 5.04. The topological polar surface area (TPSA) is 90.7 Å². The molecule has 1 heterocycles. The van der Waals surface area contributed by atoms with E-state index in [-0.39, 0.29) is 5.90 Å². The van der Waals surface area contributed by atoms with Gasteiger partial charge in [-0.15, -0.1) is 5.10 Å². The van der Waals surface area contributed by atoms with E-state index in [9.17, 15) is 4.79 Å². The van der Waals surface area contributed by atoms with Gasteiger partial charge in [0.25, 0.3) is 0 Å². The maximum atomic E-state index is 10.1. The molecule has 0 spiro atoms. The number of nitrogens with two attached hydrogens (primary N) is 2. The number of rotatable bonds is 0. The molecule has 4 N–H and O–H groups in total. The van der Waals surface area contributed by atoms with Gasteiger partial charge in [0.05, 0.1) is 0 Å². The second-order valence-electron chi connectivity index (χ2n) is 1.37. The molecule has 1 saturated heterocycles. The van der Waals surface area contributed by atoms with E-state index in [1.165, 1.54) is 0 Å². The first-order valence-corrected chi connectivity index (χ1v) is 2.00. The number of hydrogen-bond donors (Lipinski definition) is 2. The fourth-order valence-electron chi connectivity index (χ4n) is 0.379. The number of hydrogen-bond acceptors (Lipinski definition) is 5. The minimum absolute atomic E-state index is 0.106. The Bertz CT molecular complexity index is 153. The molecule has 1 unspecified atom stereocenters. The Labute approximate surface area is 45.3 Å². The number of nitrogens with zero attached hydrogens (tertiary/aromatic N) is 1. The Morgan fingerprint density at radius 3 is 2.50 bits per heavy atom. The molecule has 0 aromatic heterocycles.